The van der Waals surface area contributed by atoms with Crippen molar-refractivity contribution in [3.05, 3.63) is 30.1 Å². The van der Waals surface area contributed by atoms with Crippen molar-refractivity contribution >= 4 is 5.97 Å². The number of carbonyl (C=O) groups is 1. The van der Waals surface area contributed by atoms with E-state index in [0.717, 1.165) is 6.42 Å². The van der Waals surface area contributed by atoms with E-state index in [0.29, 0.717) is 5.92 Å². The summed E-state index contributed by atoms with van der Waals surface area (Å²) in [6, 6.07) is 3.91. The number of pyridine rings is 1. The summed E-state index contributed by atoms with van der Waals surface area (Å²) in [5.41, 5.74) is 1.24. The van der Waals surface area contributed by atoms with Crippen LogP contribution in [0.4, 0.5) is 0 Å². The first kappa shape index (κ1) is 10.7. The number of aromatic nitrogens is 1. The normalized spacial score (nSPS) is 12.4. The van der Waals surface area contributed by atoms with Crippen molar-refractivity contribution in [3.8, 4) is 0 Å². The summed E-state index contributed by atoms with van der Waals surface area (Å²) in [7, 11) is 0. The van der Waals surface area contributed by atoms with Gasteiger partial charge < -0.3 is 9.90 Å². The number of hydrogen-bond acceptors (Lipinski definition) is 2. The van der Waals surface area contributed by atoms with Crippen LogP contribution in [0.5, 0.6) is 0 Å². The molecule has 1 atom stereocenters. The van der Waals surface area contributed by atoms with Gasteiger partial charge in [0.15, 0.2) is 18.9 Å². The van der Waals surface area contributed by atoms with Crippen LogP contribution in [-0.2, 0) is 11.3 Å². The Kier molecular flexibility index (Phi) is 3.63. The first-order chi connectivity index (χ1) is 6.63. The van der Waals surface area contributed by atoms with Crippen molar-refractivity contribution in [2.75, 3.05) is 0 Å². The molecule has 0 aliphatic rings. The number of carbonyl (C=O) groups excluding carboxylic acids is 1. The number of rotatable bonds is 4. The fraction of sp³-hybridized carbons (Fsp3) is 0.455. The molecule has 0 saturated heterocycles. The lowest BCUT2D eigenvalue weighted by molar-refractivity contribution is -0.690. The lowest BCUT2D eigenvalue weighted by Gasteiger charge is -2.07. The smallest absolute Gasteiger partial charge is 0.187 e. The topological polar surface area (TPSA) is 44.0 Å². The van der Waals surface area contributed by atoms with E-state index in [1.807, 2.05) is 12.1 Å². The Labute approximate surface area is 84.0 Å². The minimum Gasteiger partial charge on any atom is -0.544 e. The molecule has 0 spiro atoms. The molecule has 0 bridgehead atoms. The molecule has 14 heavy (non-hydrogen) atoms. The summed E-state index contributed by atoms with van der Waals surface area (Å²) < 4.78 is 1.60. The average molecular weight is 193 g/mol. The predicted molar refractivity (Wildman–Crippen MR) is 50.4 cm³/mol. The molecular formula is C11H15NO2. The van der Waals surface area contributed by atoms with Crippen LogP contribution in [0.3, 0.4) is 0 Å². The molecule has 1 rings (SSSR count). The van der Waals surface area contributed by atoms with E-state index in [-0.39, 0.29) is 6.54 Å². The molecule has 3 nitrogen and oxygen atoms in total. The van der Waals surface area contributed by atoms with E-state index in [1.54, 1.807) is 17.0 Å². The highest BCUT2D eigenvalue weighted by molar-refractivity contribution is 5.62. The molecule has 1 aromatic heterocycles. The Morgan fingerprint density at radius 2 is 2.07 bits per heavy atom. The zero-order chi connectivity index (χ0) is 10.6. The molecule has 0 N–H and O–H groups in total. The van der Waals surface area contributed by atoms with Gasteiger partial charge in [-0.05, 0) is 17.9 Å². The van der Waals surface area contributed by atoms with E-state index in [1.165, 1.54) is 5.56 Å². The summed E-state index contributed by atoms with van der Waals surface area (Å²) in [4.78, 5) is 10.3. The zero-order valence-electron chi connectivity index (χ0n) is 8.56. The van der Waals surface area contributed by atoms with Crippen LogP contribution in [0.15, 0.2) is 24.5 Å². The van der Waals surface area contributed by atoms with Crippen molar-refractivity contribution in [3.63, 3.8) is 0 Å². The first-order valence-corrected chi connectivity index (χ1v) is 4.82. The third kappa shape index (κ3) is 2.83. The van der Waals surface area contributed by atoms with E-state index in [9.17, 15) is 9.90 Å². The lowest BCUT2D eigenvalue weighted by Crippen LogP contribution is -2.43. The van der Waals surface area contributed by atoms with Gasteiger partial charge >= 0.3 is 0 Å². The maximum Gasteiger partial charge on any atom is 0.187 e. The van der Waals surface area contributed by atoms with Gasteiger partial charge in [0.1, 0.15) is 5.97 Å². The van der Waals surface area contributed by atoms with Gasteiger partial charge in [-0.15, -0.1) is 0 Å². The van der Waals surface area contributed by atoms with Crippen molar-refractivity contribution in [2.45, 2.75) is 32.7 Å². The number of carboxylic acids is 1. The van der Waals surface area contributed by atoms with Crippen molar-refractivity contribution in [2.24, 2.45) is 0 Å². The van der Waals surface area contributed by atoms with E-state index >= 15 is 0 Å². The highest BCUT2D eigenvalue weighted by Gasteiger charge is 2.05. The summed E-state index contributed by atoms with van der Waals surface area (Å²) in [6.45, 7) is 4.20. The maximum atomic E-state index is 10.3. The van der Waals surface area contributed by atoms with E-state index in [2.05, 4.69) is 13.8 Å². The van der Waals surface area contributed by atoms with Crippen LogP contribution in [0.1, 0.15) is 31.7 Å². The molecule has 1 unspecified atom stereocenters. The van der Waals surface area contributed by atoms with Crippen LogP contribution in [0, 0.1) is 0 Å². The van der Waals surface area contributed by atoms with Crippen molar-refractivity contribution < 1.29 is 14.5 Å². The first-order valence-electron chi connectivity index (χ1n) is 4.82. The number of hydrogen-bond donors (Lipinski definition) is 0. The molecule has 1 aromatic rings. The average Bonchev–Trinajstić information content (AvgIpc) is 2.17. The molecule has 0 fully saturated rings. The summed E-state index contributed by atoms with van der Waals surface area (Å²) in [5.74, 6) is -0.543. The Bertz CT molecular complexity index is 306. The fourth-order valence-corrected chi connectivity index (χ4v) is 1.29. The van der Waals surface area contributed by atoms with Gasteiger partial charge in [0.2, 0.25) is 0 Å². The standard InChI is InChI=1S/C11H15NO2/c1-3-9(2)10-4-6-12(7-5-10)8-11(13)14/h4-7,9H,3,8H2,1-2H3. The van der Waals surface area contributed by atoms with Gasteiger partial charge in [-0.1, -0.05) is 13.8 Å². The van der Waals surface area contributed by atoms with Crippen LogP contribution < -0.4 is 9.67 Å². The third-order valence-electron chi connectivity index (χ3n) is 2.41. The van der Waals surface area contributed by atoms with Gasteiger partial charge in [0, 0.05) is 12.1 Å². The monoisotopic (exact) mass is 193 g/mol. The summed E-state index contributed by atoms with van der Waals surface area (Å²) in [5, 5.41) is 10.3. The Morgan fingerprint density at radius 3 is 2.50 bits per heavy atom. The highest BCUT2D eigenvalue weighted by atomic mass is 16.4. The maximum absolute atomic E-state index is 10.3. The van der Waals surface area contributed by atoms with Crippen LogP contribution in [0.2, 0.25) is 0 Å². The number of aliphatic carboxylic acids is 1. The van der Waals surface area contributed by atoms with Gasteiger partial charge in [0.25, 0.3) is 0 Å². The number of nitrogens with zero attached hydrogens (tertiary/aromatic N) is 1. The lowest BCUT2D eigenvalue weighted by atomic mass is 10.0. The Hall–Kier alpha value is -1.38. The van der Waals surface area contributed by atoms with Gasteiger partial charge in [0.05, 0.1) is 0 Å². The van der Waals surface area contributed by atoms with Gasteiger partial charge in [-0.25, -0.2) is 0 Å². The molecule has 0 aliphatic heterocycles. The largest absolute Gasteiger partial charge is 0.544 e. The zero-order valence-corrected chi connectivity index (χ0v) is 8.56. The number of carboxylic acid groups (broad SMARTS) is 1. The second-order valence-electron chi connectivity index (χ2n) is 3.49. The van der Waals surface area contributed by atoms with Gasteiger partial charge in [-0.2, -0.15) is 4.57 Å². The predicted octanol–water partition coefficient (Wildman–Crippen LogP) is 0.237. The Morgan fingerprint density at radius 1 is 1.50 bits per heavy atom. The minimum absolute atomic E-state index is 0.0826. The van der Waals surface area contributed by atoms with E-state index < -0.39 is 5.97 Å². The molecule has 0 aliphatic carbocycles. The van der Waals surface area contributed by atoms with Crippen molar-refractivity contribution in [1.82, 2.24) is 0 Å². The highest BCUT2D eigenvalue weighted by Crippen LogP contribution is 2.16. The summed E-state index contributed by atoms with van der Waals surface area (Å²) in [6.07, 6.45) is 4.64. The SMILES string of the molecule is CCC(C)c1cc[n+](CC(=O)[O-])cc1. The van der Waals surface area contributed by atoms with Gasteiger partial charge in [-0.3, -0.25) is 0 Å². The van der Waals surface area contributed by atoms with Crippen LogP contribution >= 0.6 is 0 Å². The summed E-state index contributed by atoms with van der Waals surface area (Å²) >= 11 is 0. The fourth-order valence-electron chi connectivity index (χ4n) is 1.29. The van der Waals surface area contributed by atoms with Crippen molar-refractivity contribution in [1.29, 1.82) is 0 Å². The molecule has 0 aromatic carbocycles. The Balaban J connectivity index is 2.73. The second kappa shape index (κ2) is 4.74. The molecule has 0 saturated carbocycles. The third-order valence-corrected chi connectivity index (χ3v) is 2.41. The second-order valence-corrected chi connectivity index (χ2v) is 3.49. The molecule has 0 amide bonds. The molecule has 3 heteroatoms. The molecule has 0 radical (unpaired) electrons. The van der Waals surface area contributed by atoms with E-state index in [4.69, 9.17) is 0 Å². The van der Waals surface area contributed by atoms with Crippen LogP contribution in [-0.4, -0.2) is 5.97 Å². The quantitative estimate of drug-likeness (QED) is 0.643. The minimum atomic E-state index is -1.06. The molecular weight excluding hydrogens is 178 g/mol. The van der Waals surface area contributed by atoms with Crippen LogP contribution in [0.25, 0.3) is 0 Å². The molecule has 1 heterocycles. The molecule has 76 valence electrons.